The number of carbonyl (C=O) groups is 1. The van der Waals surface area contributed by atoms with Gasteiger partial charge in [-0.25, -0.2) is 4.79 Å². The van der Waals surface area contributed by atoms with E-state index in [1.807, 2.05) is 20.8 Å². The Bertz CT molecular complexity index is 293. The lowest BCUT2D eigenvalue weighted by molar-refractivity contribution is 0.0461. The van der Waals surface area contributed by atoms with Crippen LogP contribution in [0, 0.1) is 5.92 Å². The summed E-state index contributed by atoms with van der Waals surface area (Å²) in [5, 5.41) is 6.54. The van der Waals surface area contributed by atoms with Crippen LogP contribution in [-0.2, 0) is 4.74 Å². The van der Waals surface area contributed by atoms with E-state index >= 15 is 0 Å². The molecular weight excluding hydrogens is 240 g/mol. The Balaban J connectivity index is 2.18. The Morgan fingerprint density at radius 3 is 2.32 bits per heavy atom. The van der Waals surface area contributed by atoms with E-state index in [-0.39, 0.29) is 12.1 Å². The second-order valence-electron chi connectivity index (χ2n) is 6.85. The van der Waals surface area contributed by atoms with Gasteiger partial charge in [0.05, 0.1) is 0 Å². The highest BCUT2D eigenvalue weighted by molar-refractivity contribution is 5.68. The summed E-state index contributed by atoms with van der Waals surface area (Å²) in [6.45, 7) is 12.4. The van der Waals surface area contributed by atoms with Gasteiger partial charge in [-0.3, -0.25) is 0 Å². The lowest BCUT2D eigenvalue weighted by Gasteiger charge is -2.39. The van der Waals surface area contributed by atoms with Crippen molar-refractivity contribution in [3.63, 3.8) is 0 Å². The van der Waals surface area contributed by atoms with Crippen molar-refractivity contribution in [1.29, 1.82) is 0 Å². The number of hydrogen-bond acceptors (Lipinski definition) is 3. The molecule has 0 aliphatic heterocycles. The average molecular weight is 270 g/mol. The van der Waals surface area contributed by atoms with Crippen LogP contribution in [0.3, 0.4) is 0 Å². The monoisotopic (exact) mass is 270 g/mol. The molecule has 2 atom stereocenters. The Labute approximate surface area is 117 Å². The van der Waals surface area contributed by atoms with Gasteiger partial charge in [0.2, 0.25) is 0 Å². The fraction of sp³-hybridized carbons (Fsp3) is 0.933. The van der Waals surface area contributed by atoms with E-state index in [0.29, 0.717) is 18.0 Å². The first kappa shape index (κ1) is 16.3. The molecule has 2 unspecified atom stereocenters. The molecular formula is C15H30N2O2. The molecule has 0 bridgehead atoms. The molecule has 112 valence electrons. The Kier molecular flexibility index (Phi) is 5.65. The van der Waals surface area contributed by atoms with Gasteiger partial charge in [-0.2, -0.15) is 0 Å². The molecule has 2 N–H and O–H groups in total. The summed E-state index contributed by atoms with van der Waals surface area (Å²) >= 11 is 0. The maximum Gasteiger partial charge on any atom is 0.407 e. The fourth-order valence-corrected chi connectivity index (χ4v) is 2.24. The minimum atomic E-state index is -0.420. The largest absolute Gasteiger partial charge is 0.444 e. The molecule has 0 aromatic heterocycles. The molecule has 1 aliphatic carbocycles. The van der Waals surface area contributed by atoms with Crippen LogP contribution < -0.4 is 10.6 Å². The molecule has 1 fully saturated rings. The van der Waals surface area contributed by atoms with Gasteiger partial charge >= 0.3 is 6.09 Å². The van der Waals surface area contributed by atoms with Crippen LogP contribution in [0.2, 0.25) is 0 Å². The quantitative estimate of drug-likeness (QED) is 0.807. The van der Waals surface area contributed by atoms with E-state index in [9.17, 15) is 4.79 Å². The summed E-state index contributed by atoms with van der Waals surface area (Å²) < 4.78 is 5.25. The van der Waals surface area contributed by atoms with Crippen LogP contribution in [0.1, 0.15) is 60.8 Å². The van der Waals surface area contributed by atoms with Gasteiger partial charge in [0.15, 0.2) is 0 Å². The van der Waals surface area contributed by atoms with Gasteiger partial charge in [-0.15, -0.1) is 0 Å². The third-order valence-electron chi connectivity index (χ3n) is 3.86. The topological polar surface area (TPSA) is 50.4 Å². The molecule has 19 heavy (non-hydrogen) atoms. The lowest BCUT2D eigenvalue weighted by atomic mass is 9.85. The fourth-order valence-electron chi connectivity index (χ4n) is 2.24. The zero-order valence-corrected chi connectivity index (χ0v) is 13.2. The molecule has 0 spiro atoms. The first-order chi connectivity index (χ1) is 8.71. The molecule has 0 heterocycles. The first-order valence-electron chi connectivity index (χ1n) is 7.46. The van der Waals surface area contributed by atoms with Crippen LogP contribution in [-0.4, -0.2) is 29.8 Å². The number of rotatable bonds is 5. The number of hydrogen-bond donors (Lipinski definition) is 2. The molecule has 4 heteroatoms. The molecule has 1 aliphatic rings. The second-order valence-corrected chi connectivity index (χ2v) is 6.85. The number of nitrogens with one attached hydrogen (secondary N) is 2. The SMILES string of the molecule is CCC(C)C(C)NC1CC(NC(=O)OC(C)(C)C)C1. The van der Waals surface area contributed by atoms with E-state index in [2.05, 4.69) is 31.4 Å². The Morgan fingerprint density at radius 2 is 1.84 bits per heavy atom. The number of alkyl carbamates (subject to hydrolysis) is 1. The normalized spacial score (nSPS) is 26.2. The van der Waals surface area contributed by atoms with E-state index < -0.39 is 5.60 Å². The van der Waals surface area contributed by atoms with Gasteiger partial charge in [-0.05, 0) is 46.5 Å². The van der Waals surface area contributed by atoms with Crippen LogP contribution >= 0.6 is 0 Å². The highest BCUT2D eigenvalue weighted by Gasteiger charge is 2.32. The summed E-state index contributed by atoms with van der Waals surface area (Å²) in [5.74, 6) is 0.692. The van der Waals surface area contributed by atoms with E-state index in [1.165, 1.54) is 6.42 Å². The maximum atomic E-state index is 11.6. The predicted molar refractivity (Wildman–Crippen MR) is 78.2 cm³/mol. The van der Waals surface area contributed by atoms with Gasteiger partial charge in [0.1, 0.15) is 5.60 Å². The molecule has 0 radical (unpaired) electrons. The van der Waals surface area contributed by atoms with Crippen molar-refractivity contribution in [3.05, 3.63) is 0 Å². The van der Waals surface area contributed by atoms with Crippen LogP contribution in [0.15, 0.2) is 0 Å². The molecule has 0 saturated heterocycles. The average Bonchev–Trinajstić information content (AvgIpc) is 2.22. The Morgan fingerprint density at radius 1 is 1.26 bits per heavy atom. The van der Waals surface area contributed by atoms with Crippen LogP contribution in [0.5, 0.6) is 0 Å². The first-order valence-corrected chi connectivity index (χ1v) is 7.46. The van der Waals surface area contributed by atoms with E-state index in [1.54, 1.807) is 0 Å². The summed E-state index contributed by atoms with van der Waals surface area (Å²) in [7, 11) is 0. The third-order valence-corrected chi connectivity index (χ3v) is 3.86. The van der Waals surface area contributed by atoms with Crippen molar-refractivity contribution >= 4 is 6.09 Å². The molecule has 1 amide bonds. The van der Waals surface area contributed by atoms with Crippen LogP contribution in [0.25, 0.3) is 0 Å². The zero-order chi connectivity index (χ0) is 14.6. The maximum absolute atomic E-state index is 11.6. The summed E-state index contributed by atoms with van der Waals surface area (Å²) in [4.78, 5) is 11.6. The van der Waals surface area contributed by atoms with Crippen molar-refractivity contribution in [2.45, 2.75) is 84.5 Å². The minimum absolute atomic E-state index is 0.261. The molecule has 1 saturated carbocycles. The highest BCUT2D eigenvalue weighted by Crippen LogP contribution is 2.22. The molecule has 1 rings (SSSR count). The van der Waals surface area contributed by atoms with Gasteiger partial charge < -0.3 is 15.4 Å². The zero-order valence-electron chi connectivity index (χ0n) is 13.2. The second kappa shape index (κ2) is 6.60. The minimum Gasteiger partial charge on any atom is -0.444 e. The van der Waals surface area contributed by atoms with Crippen molar-refractivity contribution in [3.8, 4) is 0 Å². The summed E-state index contributed by atoms with van der Waals surface area (Å²) in [6.07, 6.45) is 2.89. The van der Waals surface area contributed by atoms with Crippen LogP contribution in [0.4, 0.5) is 4.79 Å². The van der Waals surface area contributed by atoms with Crippen molar-refractivity contribution in [2.75, 3.05) is 0 Å². The highest BCUT2D eigenvalue weighted by atomic mass is 16.6. The van der Waals surface area contributed by atoms with Gasteiger partial charge in [-0.1, -0.05) is 20.3 Å². The van der Waals surface area contributed by atoms with Crippen molar-refractivity contribution in [1.82, 2.24) is 10.6 Å². The standard InChI is InChI=1S/C15H30N2O2/c1-7-10(2)11(3)16-12-8-13(9-12)17-14(18)19-15(4,5)6/h10-13,16H,7-9H2,1-6H3,(H,17,18). The summed E-state index contributed by atoms with van der Waals surface area (Å²) in [6, 6.07) is 1.33. The molecule has 0 aromatic carbocycles. The Hall–Kier alpha value is -0.770. The number of amides is 1. The van der Waals surface area contributed by atoms with Gasteiger partial charge in [0.25, 0.3) is 0 Å². The number of ether oxygens (including phenoxy) is 1. The van der Waals surface area contributed by atoms with Crippen molar-refractivity contribution in [2.24, 2.45) is 5.92 Å². The van der Waals surface area contributed by atoms with Crippen molar-refractivity contribution < 1.29 is 9.53 Å². The molecule has 4 nitrogen and oxygen atoms in total. The third kappa shape index (κ3) is 5.81. The van der Waals surface area contributed by atoms with E-state index in [0.717, 1.165) is 12.8 Å². The predicted octanol–water partition coefficient (Wildman–Crippen LogP) is 3.07. The van der Waals surface area contributed by atoms with E-state index in [4.69, 9.17) is 4.74 Å². The smallest absolute Gasteiger partial charge is 0.407 e. The summed E-state index contributed by atoms with van der Waals surface area (Å²) in [5.41, 5.74) is -0.420. The van der Waals surface area contributed by atoms with Gasteiger partial charge in [0, 0.05) is 18.1 Å². The number of carbonyl (C=O) groups excluding carboxylic acids is 1. The molecule has 0 aromatic rings. The lowest BCUT2D eigenvalue weighted by Crippen LogP contribution is -2.55.